The lowest BCUT2D eigenvalue weighted by atomic mass is 9.62. The van der Waals surface area contributed by atoms with Crippen LogP contribution in [-0.2, 0) is 9.53 Å². The van der Waals surface area contributed by atoms with Gasteiger partial charge in [-0.05, 0) is 39.0 Å². The van der Waals surface area contributed by atoms with Crippen molar-refractivity contribution in [3.63, 3.8) is 0 Å². The number of carbonyl (C=O) groups excluding carboxylic acids is 1. The Morgan fingerprint density at radius 3 is 2.62 bits per heavy atom. The number of hydrogen-bond donors (Lipinski definition) is 2. The predicted octanol–water partition coefficient (Wildman–Crippen LogP) is 2.42. The van der Waals surface area contributed by atoms with E-state index in [2.05, 4.69) is 11.9 Å². The molecule has 21 heavy (non-hydrogen) atoms. The number of carbonyl (C=O) groups is 1. The maximum Gasteiger partial charge on any atom is 0.223 e. The van der Waals surface area contributed by atoms with Crippen molar-refractivity contribution in [3.8, 4) is 0 Å². The Bertz CT molecular complexity index is 378. The maximum atomic E-state index is 12.5. The summed E-state index contributed by atoms with van der Waals surface area (Å²) in [5.41, 5.74) is 0.847. The third-order valence-corrected chi connectivity index (χ3v) is 5.06. The molecule has 1 aliphatic carbocycles. The SMILES string of the molecule is C=C(C)CC(C)C(=O)NC(C1CCCO1)C1(CO)CCC1. The normalized spacial score (nSPS) is 26.7. The minimum atomic E-state index is -0.173. The first kappa shape index (κ1) is 16.5. The van der Waals surface area contributed by atoms with Crippen LogP contribution in [0.1, 0.15) is 52.4 Å². The molecule has 0 aromatic carbocycles. The van der Waals surface area contributed by atoms with Gasteiger partial charge >= 0.3 is 0 Å². The van der Waals surface area contributed by atoms with Gasteiger partial charge in [0, 0.05) is 17.9 Å². The molecule has 1 saturated heterocycles. The van der Waals surface area contributed by atoms with Crippen molar-refractivity contribution in [1.82, 2.24) is 5.32 Å². The number of aliphatic hydroxyl groups is 1. The Kier molecular flexibility index (Phi) is 5.44. The fourth-order valence-electron chi connectivity index (χ4n) is 3.62. The largest absolute Gasteiger partial charge is 0.396 e. The van der Waals surface area contributed by atoms with Gasteiger partial charge in [0.05, 0.1) is 18.8 Å². The number of amides is 1. The Morgan fingerprint density at radius 1 is 1.48 bits per heavy atom. The van der Waals surface area contributed by atoms with Gasteiger partial charge in [-0.2, -0.15) is 0 Å². The fraction of sp³-hybridized carbons (Fsp3) is 0.824. The van der Waals surface area contributed by atoms with Gasteiger partial charge in [-0.3, -0.25) is 4.79 Å². The molecule has 1 saturated carbocycles. The topological polar surface area (TPSA) is 58.6 Å². The van der Waals surface area contributed by atoms with Gasteiger partial charge in [0.25, 0.3) is 0 Å². The molecular weight excluding hydrogens is 266 g/mol. The molecule has 2 aliphatic rings. The molecule has 0 aromatic heterocycles. The van der Waals surface area contributed by atoms with Gasteiger partial charge in [-0.1, -0.05) is 18.9 Å². The van der Waals surface area contributed by atoms with E-state index in [0.29, 0.717) is 6.42 Å². The van der Waals surface area contributed by atoms with Crippen molar-refractivity contribution < 1.29 is 14.6 Å². The van der Waals surface area contributed by atoms with Gasteiger partial charge in [0.1, 0.15) is 0 Å². The lowest BCUT2D eigenvalue weighted by molar-refractivity contribution is -0.130. The summed E-state index contributed by atoms with van der Waals surface area (Å²) in [4.78, 5) is 12.5. The average Bonchev–Trinajstić information content (AvgIpc) is 2.89. The molecule has 0 aromatic rings. The minimum absolute atomic E-state index is 0.0539. The van der Waals surface area contributed by atoms with E-state index >= 15 is 0 Å². The first-order chi connectivity index (χ1) is 9.98. The van der Waals surface area contributed by atoms with Crippen LogP contribution < -0.4 is 5.32 Å². The molecule has 3 atom stereocenters. The average molecular weight is 295 g/mol. The van der Waals surface area contributed by atoms with E-state index < -0.39 is 0 Å². The van der Waals surface area contributed by atoms with Crippen LogP contribution in [-0.4, -0.2) is 36.4 Å². The summed E-state index contributed by atoms with van der Waals surface area (Å²) in [6.45, 7) is 8.66. The van der Waals surface area contributed by atoms with Crippen LogP contribution >= 0.6 is 0 Å². The molecule has 4 heteroatoms. The Hall–Kier alpha value is -0.870. The summed E-state index contributed by atoms with van der Waals surface area (Å²) in [6.07, 6.45) is 5.85. The van der Waals surface area contributed by atoms with Crippen LogP contribution in [0.3, 0.4) is 0 Å². The van der Waals surface area contributed by atoms with E-state index in [1.165, 1.54) is 0 Å². The van der Waals surface area contributed by atoms with Gasteiger partial charge in [-0.25, -0.2) is 0 Å². The molecule has 3 unspecified atom stereocenters. The van der Waals surface area contributed by atoms with Crippen molar-refractivity contribution in [3.05, 3.63) is 12.2 Å². The monoisotopic (exact) mass is 295 g/mol. The molecule has 0 spiro atoms. The van der Waals surface area contributed by atoms with Gasteiger partial charge in [0.15, 0.2) is 0 Å². The molecular formula is C17H29NO3. The summed E-state index contributed by atoms with van der Waals surface area (Å²) in [6, 6.07) is -0.0566. The second-order valence-corrected chi connectivity index (χ2v) is 6.97. The summed E-state index contributed by atoms with van der Waals surface area (Å²) in [5, 5.41) is 13.0. The molecule has 4 nitrogen and oxygen atoms in total. The van der Waals surface area contributed by atoms with Gasteiger partial charge in [-0.15, -0.1) is 6.58 Å². The molecule has 1 amide bonds. The van der Waals surface area contributed by atoms with Gasteiger partial charge in [0.2, 0.25) is 5.91 Å². The minimum Gasteiger partial charge on any atom is -0.396 e. The third-order valence-electron chi connectivity index (χ3n) is 5.06. The van der Waals surface area contributed by atoms with E-state index in [1.807, 2.05) is 13.8 Å². The summed E-state index contributed by atoms with van der Waals surface area (Å²) in [7, 11) is 0. The van der Waals surface area contributed by atoms with Crippen LogP contribution in [0.5, 0.6) is 0 Å². The highest BCUT2D eigenvalue weighted by Gasteiger charge is 2.48. The third kappa shape index (κ3) is 3.67. The van der Waals surface area contributed by atoms with Gasteiger partial charge < -0.3 is 15.2 Å². The van der Waals surface area contributed by atoms with Crippen LogP contribution in [0.4, 0.5) is 0 Å². The van der Waals surface area contributed by atoms with E-state index in [-0.39, 0.29) is 36.0 Å². The standard InChI is InChI=1S/C17H29NO3/c1-12(2)10-13(3)16(20)18-15(14-6-4-9-21-14)17(11-19)7-5-8-17/h13-15,19H,1,4-11H2,2-3H3,(H,18,20). The van der Waals surface area contributed by atoms with E-state index in [4.69, 9.17) is 4.74 Å². The summed E-state index contributed by atoms with van der Waals surface area (Å²) in [5.74, 6) is -0.0274. The van der Waals surface area contributed by atoms with Crippen molar-refractivity contribution in [2.24, 2.45) is 11.3 Å². The highest BCUT2D eigenvalue weighted by molar-refractivity contribution is 5.79. The van der Waals surface area contributed by atoms with E-state index in [9.17, 15) is 9.90 Å². The highest BCUT2D eigenvalue weighted by atomic mass is 16.5. The molecule has 2 N–H and O–H groups in total. The number of nitrogens with one attached hydrogen (secondary N) is 1. The van der Waals surface area contributed by atoms with E-state index in [0.717, 1.165) is 44.3 Å². The molecule has 1 heterocycles. The van der Waals surface area contributed by atoms with E-state index in [1.54, 1.807) is 0 Å². The van der Waals surface area contributed by atoms with Crippen LogP contribution in [0.25, 0.3) is 0 Å². The van der Waals surface area contributed by atoms with Crippen LogP contribution in [0, 0.1) is 11.3 Å². The summed E-state index contributed by atoms with van der Waals surface area (Å²) >= 11 is 0. The molecule has 2 rings (SSSR count). The Labute approximate surface area is 127 Å². The fourth-order valence-corrected chi connectivity index (χ4v) is 3.62. The highest BCUT2D eigenvalue weighted by Crippen LogP contribution is 2.46. The second-order valence-electron chi connectivity index (χ2n) is 6.97. The molecule has 2 fully saturated rings. The van der Waals surface area contributed by atoms with Crippen molar-refractivity contribution in [2.75, 3.05) is 13.2 Å². The first-order valence-corrected chi connectivity index (χ1v) is 8.16. The number of ether oxygens (including phenoxy) is 1. The Morgan fingerprint density at radius 2 is 2.19 bits per heavy atom. The quantitative estimate of drug-likeness (QED) is 0.709. The zero-order valence-corrected chi connectivity index (χ0v) is 13.4. The maximum absolute atomic E-state index is 12.5. The summed E-state index contributed by atoms with van der Waals surface area (Å²) < 4.78 is 5.82. The van der Waals surface area contributed by atoms with Crippen molar-refractivity contribution in [1.29, 1.82) is 0 Å². The van der Waals surface area contributed by atoms with Crippen LogP contribution in [0.2, 0.25) is 0 Å². The predicted molar refractivity (Wildman–Crippen MR) is 82.9 cm³/mol. The van der Waals surface area contributed by atoms with Crippen molar-refractivity contribution >= 4 is 5.91 Å². The smallest absolute Gasteiger partial charge is 0.223 e. The van der Waals surface area contributed by atoms with Crippen molar-refractivity contribution in [2.45, 2.75) is 64.5 Å². The lowest BCUT2D eigenvalue weighted by Crippen LogP contribution is -2.59. The first-order valence-electron chi connectivity index (χ1n) is 8.16. The number of allylic oxidation sites excluding steroid dienone is 1. The molecule has 0 bridgehead atoms. The molecule has 1 aliphatic heterocycles. The zero-order chi connectivity index (χ0) is 15.5. The lowest BCUT2D eigenvalue weighted by Gasteiger charge is -2.48. The number of hydrogen-bond acceptors (Lipinski definition) is 3. The molecule has 120 valence electrons. The van der Waals surface area contributed by atoms with Crippen LogP contribution in [0.15, 0.2) is 12.2 Å². The number of rotatable bonds is 7. The molecule has 0 radical (unpaired) electrons. The Balaban J connectivity index is 2.05. The second kappa shape index (κ2) is 6.93. The number of aliphatic hydroxyl groups excluding tert-OH is 1. The zero-order valence-electron chi connectivity index (χ0n) is 13.4.